The fourth-order valence-electron chi connectivity index (χ4n) is 3.68. The van der Waals surface area contributed by atoms with E-state index in [1.807, 2.05) is 47.8 Å². The number of nitrogens with one attached hydrogen (secondary N) is 1. The Morgan fingerprint density at radius 2 is 2.12 bits per heavy atom. The van der Waals surface area contributed by atoms with Crippen LogP contribution in [0.1, 0.15) is 24.1 Å². The van der Waals surface area contributed by atoms with E-state index in [4.69, 9.17) is 10.3 Å². The Kier molecular flexibility index (Phi) is 7.49. The summed E-state index contributed by atoms with van der Waals surface area (Å²) in [6.45, 7) is 2.08. The molecule has 32 heavy (non-hydrogen) atoms. The maximum absolute atomic E-state index is 12.2. The fourth-order valence-corrected chi connectivity index (χ4v) is 5.09. The van der Waals surface area contributed by atoms with Crippen LogP contribution in [-0.2, 0) is 21.9 Å². The highest BCUT2D eigenvalue weighted by Gasteiger charge is 2.24. The van der Waals surface area contributed by atoms with Gasteiger partial charge in [-0.1, -0.05) is 23.4 Å². The van der Waals surface area contributed by atoms with Crippen LogP contribution in [0.15, 0.2) is 52.4 Å². The second-order valence-electron chi connectivity index (χ2n) is 7.78. The van der Waals surface area contributed by atoms with Gasteiger partial charge in [-0.15, -0.1) is 23.1 Å². The highest BCUT2D eigenvalue weighted by Crippen LogP contribution is 2.26. The van der Waals surface area contributed by atoms with Crippen LogP contribution in [0, 0.1) is 5.92 Å². The van der Waals surface area contributed by atoms with Crippen molar-refractivity contribution in [2.45, 2.75) is 25.1 Å². The van der Waals surface area contributed by atoms with Gasteiger partial charge in [0.05, 0.1) is 22.2 Å². The van der Waals surface area contributed by atoms with Crippen LogP contribution in [-0.4, -0.2) is 35.8 Å². The Morgan fingerprint density at radius 1 is 1.28 bits per heavy atom. The van der Waals surface area contributed by atoms with Gasteiger partial charge in [-0.3, -0.25) is 9.59 Å². The number of rotatable bonds is 9. The average molecular weight is 471 g/mol. The van der Waals surface area contributed by atoms with Crippen molar-refractivity contribution in [1.82, 2.24) is 10.5 Å². The zero-order valence-electron chi connectivity index (χ0n) is 17.7. The van der Waals surface area contributed by atoms with Crippen molar-refractivity contribution >= 4 is 40.6 Å². The Bertz CT molecular complexity index is 1030. The molecule has 1 atom stereocenters. The van der Waals surface area contributed by atoms with E-state index in [1.54, 1.807) is 11.3 Å². The number of anilines is 1. The lowest BCUT2D eigenvalue weighted by molar-refractivity contribution is -0.122. The number of amides is 2. The predicted molar refractivity (Wildman–Crippen MR) is 128 cm³/mol. The second kappa shape index (κ2) is 10.7. The molecule has 7 nitrogen and oxygen atoms in total. The van der Waals surface area contributed by atoms with Gasteiger partial charge in [-0.05, 0) is 42.0 Å². The quantitative estimate of drug-likeness (QED) is 0.495. The molecule has 4 rings (SSSR count). The fraction of sp³-hybridized carbons (Fsp3) is 0.348. The molecule has 3 aromatic rings. The van der Waals surface area contributed by atoms with Crippen LogP contribution in [0.3, 0.4) is 0 Å². The van der Waals surface area contributed by atoms with Gasteiger partial charge >= 0.3 is 0 Å². The summed E-state index contributed by atoms with van der Waals surface area (Å²) in [6.07, 6.45) is 1.83. The number of hydrogen-bond donors (Lipinski definition) is 2. The summed E-state index contributed by atoms with van der Waals surface area (Å²) < 4.78 is 5.36. The molecule has 168 valence electrons. The summed E-state index contributed by atoms with van der Waals surface area (Å²) >= 11 is 3.12. The number of aromatic nitrogens is 1. The molecule has 0 bridgehead atoms. The first-order chi connectivity index (χ1) is 15.6. The van der Waals surface area contributed by atoms with E-state index in [-0.39, 0.29) is 17.7 Å². The Morgan fingerprint density at radius 3 is 2.88 bits per heavy atom. The molecule has 1 aliphatic rings. The standard InChI is InChI=1S/C23H26N4O3S2/c24-23(29)17-3-1-9-27(13-17)19-7-5-16(6-8-19)12-25-22(28)15-31-14-18-11-20(30-26-18)21-4-2-10-32-21/h2,4-8,10-11,17H,1,3,9,12-15H2,(H2,24,29)(H,25,28). The Labute approximate surface area is 195 Å². The van der Waals surface area contributed by atoms with Crippen molar-refractivity contribution < 1.29 is 14.1 Å². The van der Waals surface area contributed by atoms with E-state index in [9.17, 15) is 9.59 Å². The van der Waals surface area contributed by atoms with Crippen molar-refractivity contribution in [1.29, 1.82) is 0 Å². The molecule has 1 aliphatic heterocycles. The van der Waals surface area contributed by atoms with Gasteiger partial charge < -0.3 is 20.5 Å². The number of hydrogen-bond acceptors (Lipinski definition) is 7. The molecular weight excluding hydrogens is 444 g/mol. The number of carbonyl (C=O) groups is 2. The van der Waals surface area contributed by atoms with Gasteiger partial charge in [0.15, 0.2) is 5.76 Å². The topological polar surface area (TPSA) is 101 Å². The monoisotopic (exact) mass is 470 g/mol. The van der Waals surface area contributed by atoms with Crippen molar-refractivity contribution in [3.8, 4) is 10.6 Å². The van der Waals surface area contributed by atoms with Gasteiger partial charge in [0.1, 0.15) is 0 Å². The van der Waals surface area contributed by atoms with Crippen LogP contribution >= 0.6 is 23.1 Å². The SMILES string of the molecule is NC(=O)C1CCCN(c2ccc(CNC(=O)CSCc3cc(-c4cccs4)on3)cc2)C1. The van der Waals surface area contributed by atoms with Crippen LogP contribution in [0.4, 0.5) is 5.69 Å². The summed E-state index contributed by atoms with van der Waals surface area (Å²) in [7, 11) is 0. The maximum atomic E-state index is 12.2. The van der Waals surface area contributed by atoms with E-state index in [1.165, 1.54) is 11.8 Å². The molecule has 2 amide bonds. The summed E-state index contributed by atoms with van der Waals surface area (Å²) in [4.78, 5) is 26.9. The highest BCUT2D eigenvalue weighted by atomic mass is 32.2. The van der Waals surface area contributed by atoms with Crippen LogP contribution in [0.25, 0.3) is 10.6 Å². The highest BCUT2D eigenvalue weighted by molar-refractivity contribution is 7.99. The molecule has 1 aromatic carbocycles. The van der Waals surface area contributed by atoms with Gasteiger partial charge in [0.2, 0.25) is 11.8 Å². The van der Waals surface area contributed by atoms with Crippen molar-refractivity contribution in [3.05, 3.63) is 59.1 Å². The summed E-state index contributed by atoms with van der Waals surface area (Å²) in [5.41, 5.74) is 8.42. The summed E-state index contributed by atoms with van der Waals surface area (Å²) in [6, 6.07) is 14.0. The van der Waals surface area contributed by atoms with Crippen molar-refractivity contribution in [2.75, 3.05) is 23.7 Å². The molecule has 1 fully saturated rings. The molecule has 0 spiro atoms. The first kappa shape index (κ1) is 22.4. The number of carbonyl (C=O) groups excluding carboxylic acids is 2. The number of piperidine rings is 1. The Hall–Kier alpha value is -2.78. The third-order valence-electron chi connectivity index (χ3n) is 5.42. The number of primary amides is 1. The molecule has 3 heterocycles. The minimum absolute atomic E-state index is 0.0126. The first-order valence-corrected chi connectivity index (χ1v) is 12.6. The second-order valence-corrected chi connectivity index (χ2v) is 9.72. The lowest BCUT2D eigenvalue weighted by Gasteiger charge is -2.33. The van der Waals surface area contributed by atoms with Gasteiger partial charge in [-0.25, -0.2) is 0 Å². The number of thiophene rings is 1. The predicted octanol–water partition coefficient (Wildman–Crippen LogP) is 3.65. The van der Waals surface area contributed by atoms with Crippen LogP contribution < -0.4 is 16.0 Å². The number of nitrogens with two attached hydrogens (primary N) is 1. The smallest absolute Gasteiger partial charge is 0.230 e. The lowest BCUT2D eigenvalue weighted by atomic mass is 9.97. The molecular formula is C23H26N4O3S2. The van der Waals surface area contributed by atoms with Crippen molar-refractivity contribution in [3.63, 3.8) is 0 Å². The number of nitrogens with zero attached hydrogens (tertiary/aromatic N) is 2. The zero-order valence-corrected chi connectivity index (χ0v) is 19.3. The third kappa shape index (κ3) is 5.92. The molecule has 3 N–H and O–H groups in total. The average Bonchev–Trinajstić information content (AvgIpc) is 3.50. The summed E-state index contributed by atoms with van der Waals surface area (Å²) in [5, 5.41) is 9.03. The molecule has 1 saturated heterocycles. The molecule has 9 heteroatoms. The minimum Gasteiger partial charge on any atom is -0.371 e. The first-order valence-electron chi connectivity index (χ1n) is 10.6. The molecule has 2 aromatic heterocycles. The Balaban J connectivity index is 1.18. The van der Waals surface area contributed by atoms with Gasteiger partial charge in [0.25, 0.3) is 0 Å². The zero-order chi connectivity index (χ0) is 22.3. The van der Waals surface area contributed by atoms with E-state index >= 15 is 0 Å². The van der Waals surface area contributed by atoms with Crippen molar-refractivity contribution in [2.24, 2.45) is 11.7 Å². The van der Waals surface area contributed by atoms with E-state index in [0.29, 0.717) is 24.6 Å². The minimum atomic E-state index is -0.224. The van der Waals surface area contributed by atoms with Crippen LogP contribution in [0.2, 0.25) is 0 Å². The maximum Gasteiger partial charge on any atom is 0.230 e. The molecule has 0 radical (unpaired) electrons. The van der Waals surface area contributed by atoms with Gasteiger partial charge in [0, 0.05) is 37.1 Å². The molecule has 0 aliphatic carbocycles. The molecule has 0 saturated carbocycles. The van der Waals surface area contributed by atoms with Gasteiger partial charge in [-0.2, -0.15) is 0 Å². The third-order valence-corrected chi connectivity index (χ3v) is 7.27. The lowest BCUT2D eigenvalue weighted by Crippen LogP contribution is -2.41. The van der Waals surface area contributed by atoms with Crippen LogP contribution in [0.5, 0.6) is 0 Å². The largest absolute Gasteiger partial charge is 0.371 e. The van der Waals surface area contributed by atoms with E-state index in [0.717, 1.165) is 47.0 Å². The van der Waals surface area contributed by atoms with E-state index < -0.39 is 0 Å². The molecule has 1 unspecified atom stereocenters. The normalized spacial score (nSPS) is 16.1. The summed E-state index contributed by atoms with van der Waals surface area (Å²) in [5.74, 6) is 1.43. The number of thioether (sulfide) groups is 1. The number of benzene rings is 1. The van der Waals surface area contributed by atoms with E-state index in [2.05, 4.69) is 15.4 Å².